The predicted molar refractivity (Wildman–Crippen MR) is 167 cm³/mol. The van der Waals surface area contributed by atoms with Gasteiger partial charge in [-0.2, -0.15) is 0 Å². The van der Waals surface area contributed by atoms with E-state index in [1.54, 1.807) is 42.5 Å². The summed E-state index contributed by atoms with van der Waals surface area (Å²) in [5.41, 5.74) is 1.52. The molecule has 10 heteroatoms. The van der Waals surface area contributed by atoms with Gasteiger partial charge in [-0.1, -0.05) is 85.3 Å². The Morgan fingerprint density at radius 3 is 2.09 bits per heavy atom. The van der Waals surface area contributed by atoms with Crippen molar-refractivity contribution in [2.24, 2.45) is 0 Å². The van der Waals surface area contributed by atoms with Crippen LogP contribution in [0.25, 0.3) is 0 Å². The van der Waals surface area contributed by atoms with Crippen molar-refractivity contribution in [1.82, 2.24) is 10.2 Å². The molecule has 0 bridgehead atoms. The zero-order chi connectivity index (χ0) is 30.8. The molecule has 0 aliphatic heterocycles. The summed E-state index contributed by atoms with van der Waals surface area (Å²) < 4.78 is 42.6. The molecule has 0 aliphatic carbocycles. The van der Waals surface area contributed by atoms with Gasteiger partial charge >= 0.3 is 0 Å². The molecule has 0 unspecified atom stereocenters. The number of carbonyl (C=O) groups is 2. The van der Waals surface area contributed by atoms with Gasteiger partial charge in [0.2, 0.25) is 11.8 Å². The van der Waals surface area contributed by atoms with Gasteiger partial charge in [0.25, 0.3) is 10.0 Å². The van der Waals surface area contributed by atoms with E-state index < -0.39 is 34.3 Å². The van der Waals surface area contributed by atoms with Gasteiger partial charge in [0.05, 0.1) is 10.6 Å². The van der Waals surface area contributed by atoms with Crippen LogP contribution in [0.5, 0.6) is 0 Å². The first-order valence-electron chi connectivity index (χ1n) is 13.9. The van der Waals surface area contributed by atoms with Gasteiger partial charge in [-0.05, 0) is 60.0 Å². The quantitative estimate of drug-likeness (QED) is 0.203. The van der Waals surface area contributed by atoms with Gasteiger partial charge in [0.1, 0.15) is 18.4 Å². The van der Waals surface area contributed by atoms with Gasteiger partial charge in [-0.3, -0.25) is 13.9 Å². The molecule has 4 rings (SSSR count). The number of hydrogen-bond acceptors (Lipinski definition) is 4. The number of benzene rings is 4. The minimum absolute atomic E-state index is 0.0358. The molecule has 1 atom stereocenters. The second-order valence-electron chi connectivity index (χ2n) is 9.91. The number of carbonyl (C=O) groups excluding carboxylic acids is 2. The lowest BCUT2D eigenvalue weighted by atomic mass is 10.0. The van der Waals surface area contributed by atoms with E-state index >= 15 is 0 Å². The molecule has 224 valence electrons. The fourth-order valence-corrected chi connectivity index (χ4v) is 6.22. The number of sulfonamides is 1. The first-order valence-corrected chi connectivity index (χ1v) is 15.7. The predicted octanol–water partition coefficient (Wildman–Crippen LogP) is 5.84. The monoisotopic (exact) mass is 621 g/mol. The van der Waals surface area contributed by atoms with Crippen molar-refractivity contribution >= 4 is 39.1 Å². The summed E-state index contributed by atoms with van der Waals surface area (Å²) in [4.78, 5) is 29.3. The number of hydrogen-bond donors (Lipinski definition) is 1. The molecule has 0 radical (unpaired) electrons. The Labute approximate surface area is 257 Å². The van der Waals surface area contributed by atoms with Crippen LogP contribution in [0.2, 0.25) is 5.02 Å². The Kier molecular flexibility index (Phi) is 10.9. The smallest absolute Gasteiger partial charge is 0.264 e. The lowest BCUT2D eigenvalue weighted by Crippen LogP contribution is -2.53. The van der Waals surface area contributed by atoms with Crippen LogP contribution in [-0.4, -0.2) is 44.3 Å². The Morgan fingerprint density at radius 2 is 1.47 bits per heavy atom. The molecule has 2 amide bonds. The van der Waals surface area contributed by atoms with Gasteiger partial charge < -0.3 is 10.2 Å². The molecule has 0 fully saturated rings. The molecule has 0 saturated heterocycles. The minimum Gasteiger partial charge on any atom is -0.354 e. The van der Waals surface area contributed by atoms with Crippen LogP contribution in [0, 0.1) is 5.82 Å². The molecule has 0 aliphatic rings. The van der Waals surface area contributed by atoms with Crippen LogP contribution in [-0.2, 0) is 32.6 Å². The largest absolute Gasteiger partial charge is 0.354 e. The second kappa shape index (κ2) is 14.8. The molecule has 1 N–H and O–H groups in total. The van der Waals surface area contributed by atoms with E-state index in [2.05, 4.69) is 5.32 Å². The summed E-state index contributed by atoms with van der Waals surface area (Å²) in [5, 5.41) is 3.30. The average Bonchev–Trinajstić information content (AvgIpc) is 3.02. The maximum Gasteiger partial charge on any atom is 0.264 e. The molecular formula is C33H33ClFN3O4S. The molecule has 0 saturated carbocycles. The van der Waals surface area contributed by atoms with E-state index in [0.29, 0.717) is 23.6 Å². The van der Waals surface area contributed by atoms with Crippen LogP contribution >= 0.6 is 11.6 Å². The van der Waals surface area contributed by atoms with Crippen molar-refractivity contribution in [1.29, 1.82) is 0 Å². The zero-order valence-electron chi connectivity index (χ0n) is 23.7. The van der Waals surface area contributed by atoms with Crippen LogP contribution in [0.3, 0.4) is 0 Å². The van der Waals surface area contributed by atoms with E-state index in [0.717, 1.165) is 22.0 Å². The molecular weight excluding hydrogens is 589 g/mol. The van der Waals surface area contributed by atoms with Gasteiger partial charge in [0.15, 0.2) is 0 Å². The standard InChI is InChI=1S/C33H33ClFN3O4S/c1-2-21-36-33(40)31(22-25-11-5-3-6-12-25)37(23-26-13-9-10-16-30(26)34)32(39)24-38(28-19-17-27(35)18-20-28)43(41,42)29-14-7-4-8-15-29/h3-20,31H,2,21-24H2,1H3,(H,36,40)/t31-/m0/s1. The number of anilines is 1. The van der Waals surface area contributed by atoms with Crippen LogP contribution < -0.4 is 9.62 Å². The summed E-state index contributed by atoms with van der Waals surface area (Å²) >= 11 is 6.49. The SMILES string of the molecule is CCCNC(=O)[C@H](Cc1ccccc1)N(Cc1ccccc1Cl)C(=O)CN(c1ccc(F)cc1)S(=O)(=O)c1ccccc1. The maximum absolute atomic E-state index is 14.3. The average molecular weight is 622 g/mol. The third-order valence-corrected chi connectivity index (χ3v) is 9.00. The van der Waals surface area contributed by atoms with E-state index in [-0.39, 0.29) is 29.5 Å². The van der Waals surface area contributed by atoms with Crippen molar-refractivity contribution in [2.75, 3.05) is 17.4 Å². The lowest BCUT2D eigenvalue weighted by Gasteiger charge is -2.34. The number of amides is 2. The summed E-state index contributed by atoms with van der Waals surface area (Å²) in [6.45, 7) is 1.65. The first-order chi connectivity index (χ1) is 20.7. The van der Waals surface area contributed by atoms with Gasteiger partial charge in [0, 0.05) is 24.5 Å². The highest BCUT2D eigenvalue weighted by atomic mass is 35.5. The van der Waals surface area contributed by atoms with Crippen molar-refractivity contribution in [3.05, 3.63) is 131 Å². The summed E-state index contributed by atoms with van der Waals surface area (Å²) in [6, 6.07) is 27.8. The second-order valence-corrected chi connectivity index (χ2v) is 12.2. The van der Waals surface area contributed by atoms with Crippen LogP contribution in [0.15, 0.2) is 114 Å². The summed E-state index contributed by atoms with van der Waals surface area (Å²) in [7, 11) is -4.26. The third-order valence-electron chi connectivity index (χ3n) is 6.84. The Bertz CT molecular complexity index is 1620. The van der Waals surface area contributed by atoms with E-state index in [4.69, 9.17) is 11.6 Å². The van der Waals surface area contributed by atoms with Crippen LogP contribution in [0.4, 0.5) is 10.1 Å². The normalized spacial score (nSPS) is 11.9. The van der Waals surface area contributed by atoms with Crippen molar-refractivity contribution in [2.45, 2.75) is 37.2 Å². The minimum atomic E-state index is -4.26. The van der Waals surface area contributed by atoms with E-state index in [1.165, 1.54) is 29.2 Å². The maximum atomic E-state index is 14.3. The van der Waals surface area contributed by atoms with Gasteiger partial charge in [-0.25, -0.2) is 12.8 Å². The number of rotatable bonds is 13. The topological polar surface area (TPSA) is 86.8 Å². The molecule has 0 aromatic heterocycles. The Balaban J connectivity index is 1.79. The highest BCUT2D eigenvalue weighted by molar-refractivity contribution is 7.92. The van der Waals surface area contributed by atoms with Crippen LogP contribution in [0.1, 0.15) is 24.5 Å². The van der Waals surface area contributed by atoms with Crippen molar-refractivity contribution in [3.8, 4) is 0 Å². The van der Waals surface area contributed by atoms with E-state index in [1.807, 2.05) is 37.3 Å². The molecule has 4 aromatic carbocycles. The summed E-state index contributed by atoms with van der Waals surface area (Å²) in [6.07, 6.45) is 0.879. The fourth-order valence-electron chi connectivity index (χ4n) is 4.59. The van der Waals surface area contributed by atoms with Gasteiger partial charge in [-0.15, -0.1) is 0 Å². The lowest BCUT2D eigenvalue weighted by molar-refractivity contribution is -0.140. The zero-order valence-corrected chi connectivity index (χ0v) is 25.3. The fraction of sp³-hybridized carbons (Fsp3) is 0.212. The number of halogens is 2. The highest BCUT2D eigenvalue weighted by Gasteiger charge is 2.34. The van der Waals surface area contributed by atoms with Crippen molar-refractivity contribution < 1.29 is 22.4 Å². The molecule has 0 spiro atoms. The molecule has 0 heterocycles. The Hall–Kier alpha value is -4.21. The molecule has 43 heavy (non-hydrogen) atoms. The molecule has 4 aromatic rings. The van der Waals surface area contributed by atoms with E-state index in [9.17, 15) is 22.4 Å². The number of nitrogens with one attached hydrogen (secondary N) is 1. The first kappa shape index (κ1) is 31.7. The number of nitrogens with zero attached hydrogens (tertiary/aromatic N) is 2. The Morgan fingerprint density at radius 1 is 0.860 bits per heavy atom. The highest BCUT2D eigenvalue weighted by Crippen LogP contribution is 2.26. The third kappa shape index (κ3) is 8.21. The summed E-state index contributed by atoms with van der Waals surface area (Å²) in [5.74, 6) is -1.55. The molecule has 7 nitrogen and oxygen atoms in total. The van der Waals surface area contributed by atoms with Crippen molar-refractivity contribution in [3.63, 3.8) is 0 Å².